The Morgan fingerprint density at radius 3 is 2.88 bits per heavy atom. The fourth-order valence-corrected chi connectivity index (χ4v) is 1.40. The fraction of sp³-hybridized carbons (Fsp3) is 0.250. The highest BCUT2D eigenvalue weighted by Gasteiger charge is 2.20. The van der Waals surface area contributed by atoms with Gasteiger partial charge in [-0.05, 0) is 17.7 Å². The van der Waals surface area contributed by atoms with Crippen LogP contribution in [0.3, 0.4) is 0 Å². The van der Waals surface area contributed by atoms with Gasteiger partial charge in [-0.15, -0.1) is 0 Å². The second kappa shape index (κ2) is 5.32. The SMILES string of the molecule is [N-]=[N+]=NC(CO)c1cc(Cl)ccc1[N+](=O)[O-]. The van der Waals surface area contributed by atoms with Crippen molar-refractivity contribution in [3.63, 3.8) is 0 Å². The summed E-state index contributed by atoms with van der Waals surface area (Å²) < 4.78 is 0. The van der Waals surface area contributed by atoms with E-state index in [2.05, 4.69) is 10.0 Å². The van der Waals surface area contributed by atoms with Crippen molar-refractivity contribution in [2.45, 2.75) is 6.04 Å². The molecule has 0 radical (unpaired) electrons. The van der Waals surface area contributed by atoms with Crippen LogP contribution in [0.25, 0.3) is 10.4 Å². The Morgan fingerprint density at radius 1 is 1.69 bits per heavy atom. The first-order valence-electron chi connectivity index (χ1n) is 4.19. The Morgan fingerprint density at radius 2 is 2.38 bits per heavy atom. The molecule has 1 atom stereocenters. The highest BCUT2D eigenvalue weighted by molar-refractivity contribution is 6.30. The monoisotopic (exact) mass is 242 g/mol. The lowest BCUT2D eigenvalue weighted by atomic mass is 10.1. The molecular weight excluding hydrogens is 236 g/mol. The molecule has 84 valence electrons. The minimum absolute atomic E-state index is 0.0952. The Hall–Kier alpha value is -1.82. The van der Waals surface area contributed by atoms with Crippen LogP contribution < -0.4 is 0 Å². The highest BCUT2D eigenvalue weighted by atomic mass is 35.5. The molecule has 0 fully saturated rings. The summed E-state index contributed by atoms with van der Waals surface area (Å²) in [5, 5.41) is 23.2. The van der Waals surface area contributed by atoms with E-state index in [0.717, 1.165) is 0 Å². The van der Waals surface area contributed by atoms with E-state index in [4.69, 9.17) is 22.2 Å². The van der Waals surface area contributed by atoms with Gasteiger partial charge in [0.15, 0.2) is 0 Å². The summed E-state index contributed by atoms with van der Waals surface area (Å²) in [6.07, 6.45) is 0. The molecule has 0 saturated carbocycles. The van der Waals surface area contributed by atoms with Gasteiger partial charge in [-0.25, -0.2) is 0 Å². The number of hydrogen-bond acceptors (Lipinski definition) is 4. The summed E-state index contributed by atoms with van der Waals surface area (Å²) in [6.45, 7) is -0.523. The van der Waals surface area contributed by atoms with E-state index in [1.165, 1.54) is 18.2 Å². The van der Waals surface area contributed by atoms with Gasteiger partial charge in [-0.2, -0.15) is 0 Å². The smallest absolute Gasteiger partial charge is 0.273 e. The summed E-state index contributed by atoms with van der Waals surface area (Å²) in [4.78, 5) is 12.6. The van der Waals surface area contributed by atoms with Crippen molar-refractivity contribution in [2.24, 2.45) is 5.11 Å². The van der Waals surface area contributed by atoms with Crippen molar-refractivity contribution in [3.05, 3.63) is 49.3 Å². The normalized spacial score (nSPS) is 11.6. The first kappa shape index (κ1) is 12.3. The van der Waals surface area contributed by atoms with E-state index in [9.17, 15) is 10.1 Å². The van der Waals surface area contributed by atoms with E-state index in [1.54, 1.807) is 0 Å². The van der Waals surface area contributed by atoms with Crippen LogP contribution in [-0.2, 0) is 0 Å². The van der Waals surface area contributed by atoms with Gasteiger partial charge in [0.1, 0.15) is 0 Å². The van der Waals surface area contributed by atoms with Crippen molar-refractivity contribution in [1.29, 1.82) is 0 Å². The third kappa shape index (κ3) is 2.60. The minimum atomic E-state index is -1.01. The fourth-order valence-electron chi connectivity index (χ4n) is 1.22. The zero-order valence-corrected chi connectivity index (χ0v) is 8.70. The molecule has 1 N–H and O–H groups in total. The average Bonchev–Trinajstić information content (AvgIpc) is 2.25. The summed E-state index contributed by atoms with van der Waals surface area (Å²) in [6, 6.07) is 2.85. The van der Waals surface area contributed by atoms with Crippen LogP contribution in [0, 0.1) is 10.1 Å². The molecule has 0 aliphatic rings. The summed E-state index contributed by atoms with van der Waals surface area (Å²) in [7, 11) is 0. The molecule has 0 aromatic heterocycles. The number of aliphatic hydroxyl groups excluding tert-OH is 1. The van der Waals surface area contributed by atoms with Crippen LogP contribution in [0.15, 0.2) is 23.3 Å². The van der Waals surface area contributed by atoms with Gasteiger partial charge >= 0.3 is 0 Å². The molecule has 0 aliphatic carbocycles. The number of hydrogen-bond donors (Lipinski definition) is 1. The molecule has 0 bridgehead atoms. The van der Waals surface area contributed by atoms with Crippen molar-refractivity contribution in [1.82, 2.24) is 0 Å². The topological polar surface area (TPSA) is 112 Å². The van der Waals surface area contributed by atoms with Crippen molar-refractivity contribution >= 4 is 17.3 Å². The summed E-state index contributed by atoms with van der Waals surface area (Å²) >= 11 is 5.68. The molecule has 1 rings (SSSR count). The maximum atomic E-state index is 10.7. The molecule has 8 heteroatoms. The van der Waals surface area contributed by atoms with E-state index in [-0.39, 0.29) is 16.3 Å². The quantitative estimate of drug-likeness (QED) is 0.288. The zero-order valence-electron chi connectivity index (χ0n) is 7.95. The molecule has 16 heavy (non-hydrogen) atoms. The Balaban J connectivity index is 3.32. The van der Waals surface area contributed by atoms with Gasteiger partial charge < -0.3 is 5.11 Å². The van der Waals surface area contributed by atoms with Gasteiger partial charge in [0.2, 0.25) is 0 Å². The van der Waals surface area contributed by atoms with Gasteiger partial charge in [-0.3, -0.25) is 10.1 Å². The van der Waals surface area contributed by atoms with Crippen LogP contribution in [0.1, 0.15) is 11.6 Å². The summed E-state index contributed by atoms with van der Waals surface area (Å²) in [5.74, 6) is 0. The maximum Gasteiger partial charge on any atom is 0.273 e. The van der Waals surface area contributed by atoms with E-state index in [1.807, 2.05) is 0 Å². The number of nitrogens with zero attached hydrogens (tertiary/aromatic N) is 4. The number of rotatable bonds is 4. The first-order chi connectivity index (χ1) is 7.60. The number of benzene rings is 1. The van der Waals surface area contributed by atoms with Gasteiger partial charge in [-0.1, -0.05) is 16.7 Å². The lowest BCUT2D eigenvalue weighted by molar-refractivity contribution is -0.385. The second-order valence-electron chi connectivity index (χ2n) is 2.86. The average molecular weight is 243 g/mol. The number of halogens is 1. The second-order valence-corrected chi connectivity index (χ2v) is 3.30. The molecule has 1 unspecified atom stereocenters. The molecule has 0 heterocycles. The minimum Gasteiger partial charge on any atom is -0.396 e. The lowest BCUT2D eigenvalue weighted by Crippen LogP contribution is -2.04. The van der Waals surface area contributed by atoms with Crippen molar-refractivity contribution in [3.8, 4) is 0 Å². The van der Waals surface area contributed by atoms with E-state index >= 15 is 0 Å². The standard InChI is InChI=1S/C8H7ClN4O3/c9-5-1-2-8(13(15)16)6(3-5)7(4-14)11-12-10/h1-3,7,14H,4H2. The molecular formula is C8H7ClN4O3. The maximum absolute atomic E-state index is 10.7. The van der Waals surface area contributed by atoms with E-state index in [0.29, 0.717) is 0 Å². The third-order valence-electron chi connectivity index (χ3n) is 1.91. The van der Waals surface area contributed by atoms with Crippen LogP contribution in [0.5, 0.6) is 0 Å². The van der Waals surface area contributed by atoms with Crippen LogP contribution in [0.2, 0.25) is 5.02 Å². The number of nitro groups is 1. The van der Waals surface area contributed by atoms with Crippen molar-refractivity contribution < 1.29 is 10.0 Å². The molecule has 0 aliphatic heterocycles. The van der Waals surface area contributed by atoms with Gasteiger partial charge in [0.05, 0.1) is 17.6 Å². The Bertz CT molecular complexity index is 459. The van der Waals surface area contributed by atoms with E-state index < -0.39 is 17.6 Å². The zero-order chi connectivity index (χ0) is 12.1. The van der Waals surface area contributed by atoms with Gasteiger partial charge in [0.25, 0.3) is 5.69 Å². The van der Waals surface area contributed by atoms with Crippen LogP contribution in [-0.4, -0.2) is 16.6 Å². The molecule has 1 aromatic rings. The molecule has 7 nitrogen and oxygen atoms in total. The molecule has 0 amide bonds. The Kier molecular flexibility index (Phi) is 4.07. The first-order valence-corrected chi connectivity index (χ1v) is 4.57. The number of azide groups is 1. The predicted molar refractivity (Wildman–Crippen MR) is 57.1 cm³/mol. The van der Waals surface area contributed by atoms with Crippen LogP contribution >= 0.6 is 11.6 Å². The summed E-state index contributed by atoms with van der Waals surface area (Å²) in [5.41, 5.74) is 8.13. The van der Waals surface area contributed by atoms with Gasteiger partial charge in [0, 0.05) is 21.6 Å². The molecule has 0 spiro atoms. The Labute approximate surface area is 95.0 Å². The lowest BCUT2D eigenvalue weighted by Gasteiger charge is -2.08. The predicted octanol–water partition coefficient (Wildman–Crippen LogP) is 2.59. The molecule has 0 saturated heterocycles. The largest absolute Gasteiger partial charge is 0.396 e. The third-order valence-corrected chi connectivity index (χ3v) is 2.14. The number of aliphatic hydroxyl groups is 1. The highest BCUT2D eigenvalue weighted by Crippen LogP contribution is 2.30. The molecule has 1 aromatic carbocycles. The van der Waals surface area contributed by atoms with Crippen molar-refractivity contribution in [2.75, 3.05) is 6.61 Å². The van der Waals surface area contributed by atoms with Crippen LogP contribution in [0.4, 0.5) is 5.69 Å². The number of nitro benzene ring substituents is 1.